The molecule has 0 unspecified atom stereocenters. The van der Waals surface area contributed by atoms with Gasteiger partial charge in [0.2, 0.25) is 0 Å². The molecule has 152 valence electrons. The fourth-order valence-corrected chi connectivity index (χ4v) is 3.80. The number of benzene rings is 1. The fourth-order valence-electron chi connectivity index (χ4n) is 3.80. The number of hydrogen-bond acceptors (Lipinski definition) is 6. The van der Waals surface area contributed by atoms with E-state index in [2.05, 4.69) is 33.1 Å². The van der Waals surface area contributed by atoms with Crippen molar-refractivity contribution in [2.45, 2.75) is 19.9 Å². The summed E-state index contributed by atoms with van der Waals surface area (Å²) in [7, 11) is 0. The third-order valence-corrected chi connectivity index (χ3v) is 5.42. The Bertz CT molecular complexity index is 895. The lowest BCUT2D eigenvalue weighted by Gasteiger charge is -2.34. The molecule has 0 spiro atoms. The molecule has 1 aromatic heterocycles. The SMILES string of the molecule is CCOC(=O)N1CCN(C(=O)c2cc(N3CCc4ccccc4C3)ncn2)CC1. The first-order valence-electron chi connectivity index (χ1n) is 10.0. The molecular formula is C21H25N5O3. The number of carbonyl (C=O) groups excluding carboxylic acids is 2. The highest BCUT2D eigenvalue weighted by molar-refractivity contribution is 5.93. The Labute approximate surface area is 170 Å². The monoisotopic (exact) mass is 395 g/mol. The zero-order valence-corrected chi connectivity index (χ0v) is 16.6. The Kier molecular flexibility index (Phi) is 5.59. The minimum absolute atomic E-state index is 0.130. The molecule has 0 bridgehead atoms. The van der Waals surface area contributed by atoms with E-state index in [1.807, 2.05) is 6.07 Å². The summed E-state index contributed by atoms with van der Waals surface area (Å²) in [5.41, 5.74) is 3.05. The molecule has 1 fully saturated rings. The first-order valence-corrected chi connectivity index (χ1v) is 10.0. The zero-order chi connectivity index (χ0) is 20.2. The first-order chi connectivity index (χ1) is 14.2. The van der Waals surface area contributed by atoms with Gasteiger partial charge in [0.25, 0.3) is 5.91 Å². The van der Waals surface area contributed by atoms with E-state index in [0.29, 0.717) is 38.5 Å². The normalized spacial score (nSPS) is 16.4. The van der Waals surface area contributed by atoms with Crippen LogP contribution in [0.15, 0.2) is 36.7 Å². The van der Waals surface area contributed by atoms with Crippen molar-refractivity contribution in [1.82, 2.24) is 19.8 Å². The smallest absolute Gasteiger partial charge is 0.409 e. The van der Waals surface area contributed by atoms with Crippen molar-refractivity contribution in [3.8, 4) is 0 Å². The molecule has 1 aromatic carbocycles. The van der Waals surface area contributed by atoms with Crippen LogP contribution < -0.4 is 4.90 Å². The van der Waals surface area contributed by atoms with Crippen LogP contribution in [-0.4, -0.2) is 71.1 Å². The summed E-state index contributed by atoms with van der Waals surface area (Å²) in [6.07, 6.45) is 2.09. The highest BCUT2D eigenvalue weighted by atomic mass is 16.6. The molecule has 29 heavy (non-hydrogen) atoms. The molecule has 2 aliphatic heterocycles. The fraction of sp³-hybridized carbons (Fsp3) is 0.429. The van der Waals surface area contributed by atoms with Crippen LogP contribution in [0.2, 0.25) is 0 Å². The molecule has 1 saturated heterocycles. The summed E-state index contributed by atoms with van der Waals surface area (Å²) in [6.45, 7) is 5.63. The van der Waals surface area contributed by atoms with Crippen molar-refractivity contribution < 1.29 is 14.3 Å². The van der Waals surface area contributed by atoms with Gasteiger partial charge >= 0.3 is 6.09 Å². The quantitative estimate of drug-likeness (QED) is 0.791. The third kappa shape index (κ3) is 4.16. The van der Waals surface area contributed by atoms with E-state index >= 15 is 0 Å². The van der Waals surface area contributed by atoms with Crippen LogP contribution in [0.5, 0.6) is 0 Å². The van der Waals surface area contributed by atoms with Gasteiger partial charge in [-0.05, 0) is 24.5 Å². The van der Waals surface area contributed by atoms with Crippen molar-refractivity contribution in [3.63, 3.8) is 0 Å². The Hall–Kier alpha value is -3.16. The second-order valence-electron chi connectivity index (χ2n) is 7.18. The molecule has 4 rings (SSSR count). The minimum Gasteiger partial charge on any atom is -0.450 e. The largest absolute Gasteiger partial charge is 0.450 e. The Morgan fingerprint density at radius 2 is 1.72 bits per heavy atom. The summed E-state index contributed by atoms with van der Waals surface area (Å²) in [6, 6.07) is 10.2. The van der Waals surface area contributed by atoms with Crippen molar-refractivity contribution in [1.29, 1.82) is 0 Å². The summed E-state index contributed by atoms with van der Waals surface area (Å²) in [5, 5.41) is 0. The zero-order valence-electron chi connectivity index (χ0n) is 16.6. The predicted molar refractivity (Wildman–Crippen MR) is 108 cm³/mol. The number of rotatable bonds is 3. The van der Waals surface area contributed by atoms with Crippen molar-refractivity contribution in [2.24, 2.45) is 0 Å². The summed E-state index contributed by atoms with van der Waals surface area (Å²) in [5.74, 6) is 0.637. The standard InChI is InChI=1S/C21H25N5O3/c1-2-29-21(28)25-11-9-24(10-12-25)20(27)18-13-19(23-15-22-18)26-8-7-16-5-3-4-6-17(16)14-26/h3-6,13,15H,2,7-12,14H2,1H3. The molecule has 0 radical (unpaired) electrons. The number of aromatic nitrogens is 2. The first kappa shape index (κ1) is 19.2. The Morgan fingerprint density at radius 3 is 2.48 bits per heavy atom. The number of amides is 2. The van der Waals surface area contributed by atoms with Gasteiger partial charge in [-0.2, -0.15) is 0 Å². The van der Waals surface area contributed by atoms with Gasteiger partial charge in [0.05, 0.1) is 6.61 Å². The van der Waals surface area contributed by atoms with E-state index in [1.54, 1.807) is 22.8 Å². The number of piperazine rings is 1. The lowest BCUT2D eigenvalue weighted by Crippen LogP contribution is -2.50. The molecule has 8 nitrogen and oxygen atoms in total. The number of anilines is 1. The van der Waals surface area contributed by atoms with E-state index < -0.39 is 0 Å². The summed E-state index contributed by atoms with van der Waals surface area (Å²) in [4.78, 5) is 38.9. The van der Waals surface area contributed by atoms with E-state index in [0.717, 1.165) is 25.3 Å². The second kappa shape index (κ2) is 8.46. The third-order valence-electron chi connectivity index (χ3n) is 5.42. The maximum Gasteiger partial charge on any atom is 0.409 e. The van der Waals surface area contributed by atoms with Gasteiger partial charge in [0.1, 0.15) is 17.8 Å². The second-order valence-corrected chi connectivity index (χ2v) is 7.18. The molecule has 2 aliphatic rings. The van der Waals surface area contributed by atoms with Gasteiger partial charge in [0, 0.05) is 45.3 Å². The number of carbonyl (C=O) groups is 2. The van der Waals surface area contributed by atoms with Gasteiger partial charge in [-0.3, -0.25) is 4.79 Å². The van der Waals surface area contributed by atoms with Crippen LogP contribution in [0.25, 0.3) is 0 Å². The summed E-state index contributed by atoms with van der Waals surface area (Å²) < 4.78 is 5.03. The highest BCUT2D eigenvalue weighted by Gasteiger charge is 2.27. The summed E-state index contributed by atoms with van der Waals surface area (Å²) >= 11 is 0. The highest BCUT2D eigenvalue weighted by Crippen LogP contribution is 2.23. The van der Waals surface area contributed by atoms with Gasteiger partial charge in [-0.1, -0.05) is 24.3 Å². The number of hydrogen-bond donors (Lipinski definition) is 0. The average Bonchev–Trinajstić information content (AvgIpc) is 2.78. The molecule has 0 N–H and O–H groups in total. The van der Waals surface area contributed by atoms with Gasteiger partial charge in [0.15, 0.2) is 0 Å². The maximum absolute atomic E-state index is 12.9. The van der Waals surface area contributed by atoms with Gasteiger partial charge < -0.3 is 19.4 Å². The topological polar surface area (TPSA) is 78.9 Å². The van der Waals surface area contributed by atoms with Crippen LogP contribution >= 0.6 is 0 Å². The van der Waals surface area contributed by atoms with E-state index in [-0.39, 0.29) is 12.0 Å². The van der Waals surface area contributed by atoms with Crippen LogP contribution in [0, 0.1) is 0 Å². The average molecular weight is 395 g/mol. The number of ether oxygens (including phenoxy) is 1. The van der Waals surface area contributed by atoms with E-state index in [4.69, 9.17) is 4.74 Å². The molecule has 3 heterocycles. The maximum atomic E-state index is 12.9. The van der Waals surface area contributed by atoms with Gasteiger partial charge in [-0.25, -0.2) is 14.8 Å². The van der Waals surface area contributed by atoms with Crippen LogP contribution in [0.1, 0.15) is 28.5 Å². The number of fused-ring (bicyclic) bond motifs is 1. The molecular weight excluding hydrogens is 370 g/mol. The molecule has 2 aromatic rings. The Morgan fingerprint density at radius 1 is 1.00 bits per heavy atom. The Balaban J connectivity index is 1.42. The minimum atomic E-state index is -0.325. The predicted octanol–water partition coefficient (Wildman–Crippen LogP) is 1.95. The molecule has 8 heteroatoms. The molecule has 0 saturated carbocycles. The van der Waals surface area contributed by atoms with Crippen LogP contribution in [0.4, 0.5) is 10.6 Å². The molecule has 0 aliphatic carbocycles. The van der Waals surface area contributed by atoms with Crippen LogP contribution in [-0.2, 0) is 17.7 Å². The van der Waals surface area contributed by atoms with E-state index in [9.17, 15) is 9.59 Å². The van der Waals surface area contributed by atoms with Crippen molar-refractivity contribution >= 4 is 17.8 Å². The van der Waals surface area contributed by atoms with E-state index in [1.165, 1.54) is 17.5 Å². The lowest BCUT2D eigenvalue weighted by atomic mass is 10.00. The van der Waals surface area contributed by atoms with Crippen molar-refractivity contribution in [3.05, 3.63) is 53.5 Å². The lowest BCUT2D eigenvalue weighted by molar-refractivity contribution is 0.0566. The molecule has 0 atom stereocenters. The van der Waals surface area contributed by atoms with Crippen molar-refractivity contribution in [2.75, 3.05) is 44.2 Å². The molecule has 2 amide bonds. The number of nitrogens with zero attached hydrogens (tertiary/aromatic N) is 5. The van der Waals surface area contributed by atoms with Gasteiger partial charge in [-0.15, -0.1) is 0 Å². The van der Waals surface area contributed by atoms with Crippen LogP contribution in [0.3, 0.4) is 0 Å².